The molecule has 3 rings (SSSR count). The summed E-state index contributed by atoms with van der Waals surface area (Å²) >= 11 is 2.64. The highest BCUT2D eigenvalue weighted by Crippen LogP contribution is 2.29. The Morgan fingerprint density at radius 3 is 2.69 bits per heavy atom. The van der Waals surface area contributed by atoms with E-state index in [1.54, 1.807) is 25.4 Å². The second kappa shape index (κ2) is 9.66. The van der Waals surface area contributed by atoms with E-state index in [4.69, 9.17) is 4.74 Å². The van der Waals surface area contributed by atoms with Crippen molar-refractivity contribution in [3.63, 3.8) is 0 Å². The Morgan fingerprint density at radius 2 is 2.00 bits per heavy atom. The first-order valence-electron chi connectivity index (χ1n) is 9.07. The molecule has 0 radical (unpaired) electrons. The molecule has 0 unspecified atom stereocenters. The molecule has 29 heavy (non-hydrogen) atoms. The van der Waals surface area contributed by atoms with Crippen LogP contribution >= 0.6 is 23.1 Å². The fourth-order valence-corrected chi connectivity index (χ4v) is 4.37. The number of carbonyl (C=O) groups excluding carboxylic acids is 2. The van der Waals surface area contributed by atoms with Crippen molar-refractivity contribution in [2.45, 2.75) is 32.5 Å². The maximum absolute atomic E-state index is 12.5. The first-order chi connectivity index (χ1) is 14.0. The zero-order chi connectivity index (χ0) is 20.8. The SMILES string of the molecule is CCOC(=O)c1cc(C)sc1NC(=O)CSc1nnc(-c2ccncc2)n1CC. The van der Waals surface area contributed by atoms with Crippen LogP contribution in [-0.2, 0) is 16.1 Å². The van der Waals surface area contributed by atoms with E-state index in [-0.39, 0.29) is 18.3 Å². The van der Waals surface area contributed by atoms with Gasteiger partial charge in [0.1, 0.15) is 5.00 Å². The number of esters is 1. The molecule has 0 aliphatic heterocycles. The zero-order valence-corrected chi connectivity index (χ0v) is 18.0. The number of thiophene rings is 1. The molecular formula is C19H21N5O3S2. The normalized spacial score (nSPS) is 10.7. The van der Waals surface area contributed by atoms with Gasteiger partial charge in [-0.25, -0.2) is 4.79 Å². The molecule has 0 saturated heterocycles. The number of nitrogens with zero attached hydrogens (tertiary/aromatic N) is 4. The number of ether oxygens (including phenoxy) is 1. The maximum atomic E-state index is 12.5. The highest BCUT2D eigenvalue weighted by Gasteiger charge is 2.19. The van der Waals surface area contributed by atoms with Crippen LogP contribution in [0, 0.1) is 6.92 Å². The predicted molar refractivity (Wildman–Crippen MR) is 113 cm³/mol. The van der Waals surface area contributed by atoms with Crippen molar-refractivity contribution in [3.8, 4) is 11.4 Å². The first kappa shape index (κ1) is 21.0. The van der Waals surface area contributed by atoms with Crippen LogP contribution < -0.4 is 5.32 Å². The lowest BCUT2D eigenvalue weighted by Gasteiger charge is -2.08. The number of carbonyl (C=O) groups is 2. The molecule has 8 nitrogen and oxygen atoms in total. The molecule has 3 heterocycles. The molecule has 0 saturated carbocycles. The third-order valence-electron chi connectivity index (χ3n) is 3.91. The lowest BCUT2D eigenvalue weighted by molar-refractivity contribution is -0.113. The molecule has 0 aliphatic carbocycles. The molecule has 0 spiro atoms. The topological polar surface area (TPSA) is 99.0 Å². The van der Waals surface area contributed by atoms with E-state index < -0.39 is 5.97 Å². The molecule has 3 aromatic heterocycles. The van der Waals surface area contributed by atoms with Crippen molar-refractivity contribution in [1.82, 2.24) is 19.7 Å². The number of thioether (sulfide) groups is 1. The maximum Gasteiger partial charge on any atom is 0.341 e. The number of aromatic nitrogens is 4. The second-order valence-corrected chi connectivity index (χ2v) is 8.14. The lowest BCUT2D eigenvalue weighted by Crippen LogP contribution is -2.16. The highest BCUT2D eigenvalue weighted by atomic mass is 32.2. The van der Waals surface area contributed by atoms with Crippen molar-refractivity contribution in [2.24, 2.45) is 0 Å². The monoisotopic (exact) mass is 431 g/mol. The molecular weight excluding hydrogens is 410 g/mol. The van der Waals surface area contributed by atoms with Gasteiger partial charge < -0.3 is 14.6 Å². The van der Waals surface area contributed by atoms with Gasteiger partial charge in [0.25, 0.3) is 0 Å². The van der Waals surface area contributed by atoms with Crippen LogP contribution in [0.3, 0.4) is 0 Å². The average Bonchev–Trinajstić information content (AvgIpc) is 3.30. The van der Waals surface area contributed by atoms with E-state index in [0.717, 1.165) is 16.3 Å². The first-order valence-corrected chi connectivity index (χ1v) is 10.9. The lowest BCUT2D eigenvalue weighted by atomic mass is 10.2. The smallest absolute Gasteiger partial charge is 0.341 e. The fourth-order valence-electron chi connectivity index (χ4n) is 2.66. The molecule has 1 amide bonds. The highest BCUT2D eigenvalue weighted by molar-refractivity contribution is 7.99. The molecule has 0 bridgehead atoms. The Hall–Kier alpha value is -2.72. The Labute approximate surface area is 176 Å². The average molecular weight is 432 g/mol. The largest absolute Gasteiger partial charge is 0.462 e. The van der Waals surface area contributed by atoms with Gasteiger partial charge in [-0.15, -0.1) is 21.5 Å². The molecule has 10 heteroatoms. The van der Waals surface area contributed by atoms with Gasteiger partial charge >= 0.3 is 5.97 Å². The number of pyridine rings is 1. The standard InChI is InChI=1S/C19H21N5O3S2/c1-4-24-16(13-6-8-20-9-7-13)22-23-19(24)28-11-15(25)21-17-14(10-12(3)29-17)18(26)27-5-2/h6-10H,4-5,11H2,1-3H3,(H,21,25). The van der Waals surface area contributed by atoms with E-state index in [1.807, 2.05) is 30.5 Å². The summed E-state index contributed by atoms with van der Waals surface area (Å²) in [6.45, 7) is 6.58. The fraction of sp³-hybridized carbons (Fsp3) is 0.316. The van der Waals surface area contributed by atoms with Crippen LogP contribution in [0.4, 0.5) is 5.00 Å². The number of hydrogen-bond acceptors (Lipinski definition) is 8. The number of rotatable bonds is 8. The third kappa shape index (κ3) is 5.01. The Balaban J connectivity index is 1.68. The summed E-state index contributed by atoms with van der Waals surface area (Å²) in [6, 6.07) is 5.46. The van der Waals surface area contributed by atoms with E-state index in [2.05, 4.69) is 20.5 Å². The van der Waals surface area contributed by atoms with Crippen LogP contribution in [0.15, 0.2) is 35.7 Å². The molecule has 1 N–H and O–H groups in total. The molecule has 0 fully saturated rings. The van der Waals surface area contributed by atoms with Crippen molar-refractivity contribution >= 4 is 40.0 Å². The number of amides is 1. The summed E-state index contributed by atoms with van der Waals surface area (Å²) in [7, 11) is 0. The van der Waals surface area contributed by atoms with Crippen LogP contribution in [0.25, 0.3) is 11.4 Å². The van der Waals surface area contributed by atoms with Gasteiger partial charge in [-0.05, 0) is 39.0 Å². The summed E-state index contributed by atoms with van der Waals surface area (Å²) in [5, 5.41) is 12.4. The molecule has 0 aromatic carbocycles. The molecule has 0 atom stereocenters. The Morgan fingerprint density at radius 1 is 1.24 bits per heavy atom. The minimum atomic E-state index is -0.437. The van der Waals surface area contributed by atoms with Gasteiger partial charge in [-0.2, -0.15) is 0 Å². The van der Waals surface area contributed by atoms with E-state index in [1.165, 1.54) is 23.1 Å². The van der Waals surface area contributed by atoms with Crippen LogP contribution in [0.5, 0.6) is 0 Å². The van der Waals surface area contributed by atoms with Crippen molar-refractivity contribution < 1.29 is 14.3 Å². The van der Waals surface area contributed by atoms with Gasteiger partial charge in [0.2, 0.25) is 5.91 Å². The minimum Gasteiger partial charge on any atom is -0.462 e. The van der Waals surface area contributed by atoms with E-state index in [0.29, 0.717) is 22.3 Å². The van der Waals surface area contributed by atoms with E-state index in [9.17, 15) is 9.59 Å². The third-order valence-corrected chi connectivity index (χ3v) is 5.84. The summed E-state index contributed by atoms with van der Waals surface area (Å²) in [4.78, 5) is 29.5. The zero-order valence-electron chi connectivity index (χ0n) is 16.3. The number of anilines is 1. The molecule has 152 valence electrons. The second-order valence-electron chi connectivity index (χ2n) is 5.94. The number of aryl methyl sites for hydroxylation is 1. The molecule has 3 aromatic rings. The quantitative estimate of drug-likeness (QED) is 0.429. The van der Waals surface area contributed by atoms with E-state index >= 15 is 0 Å². The van der Waals surface area contributed by atoms with Crippen molar-refractivity contribution in [3.05, 3.63) is 41.0 Å². The number of hydrogen-bond donors (Lipinski definition) is 1. The minimum absolute atomic E-state index is 0.147. The summed E-state index contributed by atoms with van der Waals surface area (Å²) in [5.74, 6) is 0.218. The summed E-state index contributed by atoms with van der Waals surface area (Å²) in [5.41, 5.74) is 1.29. The van der Waals surface area contributed by atoms with Gasteiger partial charge in [0.05, 0.1) is 17.9 Å². The van der Waals surface area contributed by atoms with Crippen molar-refractivity contribution in [2.75, 3.05) is 17.7 Å². The molecule has 0 aliphatic rings. The predicted octanol–water partition coefficient (Wildman–Crippen LogP) is 3.64. The summed E-state index contributed by atoms with van der Waals surface area (Å²) < 4.78 is 7.00. The van der Waals surface area contributed by atoms with Gasteiger partial charge in [-0.3, -0.25) is 9.78 Å². The van der Waals surface area contributed by atoms with Gasteiger partial charge in [-0.1, -0.05) is 11.8 Å². The van der Waals surface area contributed by atoms with Crippen LogP contribution in [-0.4, -0.2) is 44.0 Å². The summed E-state index contributed by atoms with van der Waals surface area (Å²) in [6.07, 6.45) is 3.41. The Bertz CT molecular complexity index is 1000. The van der Waals surface area contributed by atoms with Crippen LogP contribution in [0.2, 0.25) is 0 Å². The van der Waals surface area contributed by atoms with Crippen molar-refractivity contribution in [1.29, 1.82) is 0 Å². The Kier molecular flexibility index (Phi) is 6.99. The number of nitrogens with one attached hydrogen (secondary N) is 1. The van der Waals surface area contributed by atoms with Gasteiger partial charge in [0.15, 0.2) is 11.0 Å². The van der Waals surface area contributed by atoms with Gasteiger partial charge in [0, 0.05) is 29.4 Å². The van der Waals surface area contributed by atoms with Crippen LogP contribution in [0.1, 0.15) is 29.1 Å².